The molecule has 0 fully saturated rings. The number of phosphoric acid groups is 1. The van der Waals surface area contributed by atoms with Crippen molar-refractivity contribution in [2.45, 2.75) is 161 Å². The second kappa shape index (κ2) is 37.1. The van der Waals surface area contributed by atoms with Crippen LogP contribution in [0.3, 0.4) is 0 Å². The molecule has 1 N–H and O–H groups in total. The molecule has 0 aromatic rings. The molecule has 53 heavy (non-hydrogen) atoms. The third-order valence-corrected chi connectivity index (χ3v) is 9.77. The monoisotopic (exact) mass is 767 g/mol. The second-order valence-corrected chi connectivity index (χ2v) is 16.6. The number of quaternary nitrogens is 1. The number of esters is 1. The fraction of sp³-hybridized carbons (Fsp3) is 0.750. The molecule has 0 aromatic carbocycles. The Hall–Kier alpha value is -1.80. The van der Waals surface area contributed by atoms with Crippen LogP contribution in [-0.2, 0) is 27.9 Å². The SMILES string of the molecule is CCCCCCCCCC=CC=CC=CC=CC=CC(=O)O[C@H](COCCCCCCCCCCCCCCCC)COP(=O)(O)OCC[N+](C)(C)C. The number of phosphoric ester groups is 1. The zero-order valence-corrected chi connectivity index (χ0v) is 35.6. The number of rotatable bonds is 38. The average molecular weight is 767 g/mol. The summed E-state index contributed by atoms with van der Waals surface area (Å²) in [5.74, 6) is -0.586. The minimum atomic E-state index is -4.31. The van der Waals surface area contributed by atoms with Gasteiger partial charge < -0.3 is 18.9 Å². The van der Waals surface area contributed by atoms with Crippen LogP contribution in [0.1, 0.15) is 155 Å². The van der Waals surface area contributed by atoms with Crippen LogP contribution in [0.25, 0.3) is 0 Å². The smallest absolute Gasteiger partial charge is 0.454 e. The summed E-state index contributed by atoms with van der Waals surface area (Å²) in [6.07, 6.45) is 46.1. The molecule has 0 aliphatic heterocycles. The van der Waals surface area contributed by atoms with E-state index in [9.17, 15) is 14.3 Å². The lowest BCUT2D eigenvalue weighted by Gasteiger charge is -2.24. The zero-order chi connectivity index (χ0) is 39.1. The van der Waals surface area contributed by atoms with Crippen molar-refractivity contribution >= 4 is 13.8 Å². The Morgan fingerprint density at radius 2 is 1.04 bits per heavy atom. The van der Waals surface area contributed by atoms with Crippen LogP contribution in [-0.4, -0.2) is 75.6 Å². The van der Waals surface area contributed by atoms with Gasteiger partial charge in [-0.25, -0.2) is 9.36 Å². The summed E-state index contributed by atoms with van der Waals surface area (Å²) in [5, 5.41) is 0. The van der Waals surface area contributed by atoms with Gasteiger partial charge in [0.1, 0.15) is 19.3 Å². The highest BCUT2D eigenvalue weighted by Crippen LogP contribution is 2.43. The molecule has 0 radical (unpaired) electrons. The Kier molecular flexibility index (Phi) is 35.9. The molecular weight excluding hydrogens is 685 g/mol. The van der Waals surface area contributed by atoms with E-state index in [1.54, 1.807) is 12.2 Å². The fourth-order valence-corrected chi connectivity index (χ4v) is 6.23. The number of hydrogen-bond acceptors (Lipinski definition) is 6. The van der Waals surface area contributed by atoms with Gasteiger partial charge in [-0.05, 0) is 19.3 Å². The van der Waals surface area contributed by atoms with Gasteiger partial charge in [-0.2, -0.15) is 0 Å². The molecule has 9 heteroatoms. The molecule has 2 atom stereocenters. The molecule has 0 heterocycles. The van der Waals surface area contributed by atoms with Crippen molar-refractivity contribution in [3.05, 3.63) is 60.8 Å². The largest absolute Gasteiger partial charge is 0.472 e. The summed E-state index contributed by atoms with van der Waals surface area (Å²) in [5.41, 5.74) is 0. The third-order valence-electron chi connectivity index (χ3n) is 8.79. The van der Waals surface area contributed by atoms with Crippen LogP contribution >= 0.6 is 7.82 Å². The summed E-state index contributed by atoms with van der Waals surface area (Å²) in [7, 11) is 1.58. The van der Waals surface area contributed by atoms with E-state index in [-0.39, 0.29) is 19.8 Å². The van der Waals surface area contributed by atoms with Gasteiger partial charge in [-0.1, -0.05) is 191 Å². The van der Waals surface area contributed by atoms with Crippen LogP contribution in [0.2, 0.25) is 0 Å². The number of carbonyl (C=O) groups excluding carboxylic acids is 1. The molecule has 308 valence electrons. The molecule has 0 amide bonds. The number of hydrogen-bond donors (Lipinski definition) is 1. The van der Waals surface area contributed by atoms with Crippen LogP contribution in [0.15, 0.2) is 60.8 Å². The number of nitrogens with zero attached hydrogens (tertiary/aromatic N) is 1. The Balaban J connectivity index is 4.49. The van der Waals surface area contributed by atoms with Crippen LogP contribution < -0.4 is 0 Å². The summed E-state index contributed by atoms with van der Waals surface area (Å²) >= 11 is 0. The van der Waals surface area contributed by atoms with Gasteiger partial charge in [0, 0.05) is 12.7 Å². The summed E-state index contributed by atoms with van der Waals surface area (Å²) in [4.78, 5) is 22.7. The van der Waals surface area contributed by atoms with Crippen molar-refractivity contribution in [1.82, 2.24) is 0 Å². The number of unbranched alkanes of at least 4 members (excludes halogenated alkanes) is 20. The maximum Gasteiger partial charge on any atom is 0.472 e. The third kappa shape index (κ3) is 41.2. The summed E-state index contributed by atoms with van der Waals surface area (Å²) < 4.78 is 34.7. The molecule has 0 aliphatic carbocycles. The summed E-state index contributed by atoms with van der Waals surface area (Å²) in [6.45, 7) is 5.39. The van der Waals surface area contributed by atoms with Gasteiger partial charge in [-0.15, -0.1) is 0 Å². The Bertz CT molecular complexity index is 1030. The molecule has 8 nitrogen and oxygen atoms in total. The van der Waals surface area contributed by atoms with E-state index < -0.39 is 19.9 Å². The summed E-state index contributed by atoms with van der Waals surface area (Å²) in [6, 6.07) is 0. The predicted octanol–water partition coefficient (Wildman–Crippen LogP) is 12.2. The first-order chi connectivity index (χ1) is 25.6. The van der Waals surface area contributed by atoms with E-state index in [2.05, 4.69) is 26.0 Å². The molecule has 0 saturated heterocycles. The maximum atomic E-state index is 12.5. The van der Waals surface area contributed by atoms with Crippen LogP contribution in [0, 0.1) is 0 Å². The standard InChI is InChI=1S/C44H80NO7P/c1-6-8-10-12-14-16-18-20-22-23-24-25-27-29-31-33-35-37-44(46)52-43(42-51-53(47,48)50-40-38-45(3,4)5)41-49-39-36-34-32-30-28-26-21-19-17-15-13-11-9-7-2/h22-25,27,29,31,33,35,37,43H,6-21,26,28,30,32,34,36,38-42H2,1-5H3/p+1/t43-/m1/s1. The van der Waals surface area contributed by atoms with Gasteiger partial charge in [-0.3, -0.25) is 9.05 Å². The first-order valence-electron chi connectivity index (χ1n) is 21.1. The van der Waals surface area contributed by atoms with Crippen molar-refractivity contribution < 1.29 is 37.3 Å². The number of likely N-dealkylation sites (N-methyl/N-ethyl adjacent to an activating group) is 1. The first-order valence-corrected chi connectivity index (χ1v) is 22.6. The van der Waals surface area contributed by atoms with Crippen molar-refractivity contribution in [3.63, 3.8) is 0 Å². The molecule has 0 bridgehead atoms. The maximum absolute atomic E-state index is 12.5. The fourth-order valence-electron chi connectivity index (χ4n) is 5.49. The van der Waals surface area contributed by atoms with E-state index in [1.165, 1.54) is 128 Å². The molecular formula is C44H81NO7P+. The molecule has 0 aliphatic rings. The minimum absolute atomic E-state index is 0.0622. The van der Waals surface area contributed by atoms with E-state index in [0.717, 1.165) is 19.3 Å². The second-order valence-electron chi connectivity index (χ2n) is 15.2. The van der Waals surface area contributed by atoms with E-state index in [1.807, 2.05) is 51.5 Å². The van der Waals surface area contributed by atoms with Crippen molar-refractivity contribution in [2.24, 2.45) is 0 Å². The number of allylic oxidation sites excluding steroid dienone is 9. The van der Waals surface area contributed by atoms with E-state index >= 15 is 0 Å². The van der Waals surface area contributed by atoms with Crippen molar-refractivity contribution in [3.8, 4) is 0 Å². The first kappa shape index (κ1) is 51.2. The minimum Gasteiger partial charge on any atom is -0.454 e. The molecule has 0 saturated carbocycles. The molecule has 0 spiro atoms. The topological polar surface area (TPSA) is 91.3 Å². The van der Waals surface area contributed by atoms with Gasteiger partial charge >= 0.3 is 13.8 Å². The van der Waals surface area contributed by atoms with Crippen molar-refractivity contribution in [2.75, 3.05) is 54.1 Å². The Labute approximate surface area is 326 Å². The van der Waals surface area contributed by atoms with Crippen LogP contribution in [0.5, 0.6) is 0 Å². The lowest BCUT2D eigenvalue weighted by atomic mass is 10.0. The molecule has 1 unspecified atom stereocenters. The zero-order valence-electron chi connectivity index (χ0n) is 34.7. The number of carbonyl (C=O) groups is 1. The van der Waals surface area contributed by atoms with Gasteiger partial charge in [0.2, 0.25) is 0 Å². The van der Waals surface area contributed by atoms with Gasteiger partial charge in [0.25, 0.3) is 0 Å². The quantitative estimate of drug-likeness (QED) is 0.0167. The van der Waals surface area contributed by atoms with Crippen molar-refractivity contribution in [1.29, 1.82) is 0 Å². The highest BCUT2D eigenvalue weighted by Gasteiger charge is 2.26. The normalized spacial score (nSPS) is 14.5. The number of ether oxygens (including phenoxy) is 2. The van der Waals surface area contributed by atoms with Gasteiger partial charge in [0.05, 0.1) is 34.4 Å². The van der Waals surface area contributed by atoms with Crippen LogP contribution in [0.4, 0.5) is 0 Å². The Morgan fingerprint density at radius 3 is 1.55 bits per heavy atom. The lowest BCUT2D eigenvalue weighted by molar-refractivity contribution is -0.870. The predicted molar refractivity (Wildman–Crippen MR) is 224 cm³/mol. The average Bonchev–Trinajstić information content (AvgIpc) is 3.11. The highest BCUT2D eigenvalue weighted by atomic mass is 31.2. The Morgan fingerprint density at radius 1 is 0.585 bits per heavy atom. The molecule has 0 rings (SSSR count). The lowest BCUT2D eigenvalue weighted by Crippen LogP contribution is -2.37. The van der Waals surface area contributed by atoms with E-state index in [4.69, 9.17) is 18.5 Å². The highest BCUT2D eigenvalue weighted by molar-refractivity contribution is 7.47. The van der Waals surface area contributed by atoms with E-state index in [0.29, 0.717) is 17.6 Å². The molecule has 0 aromatic heterocycles. The van der Waals surface area contributed by atoms with Gasteiger partial charge in [0.15, 0.2) is 0 Å².